The highest BCUT2D eigenvalue weighted by molar-refractivity contribution is 9.10. The first-order chi connectivity index (χ1) is 15.5. The lowest BCUT2D eigenvalue weighted by atomic mass is 9.97. The van der Waals surface area contributed by atoms with Crippen LogP contribution in [0, 0.1) is 6.92 Å². The minimum absolute atomic E-state index is 0.0518. The van der Waals surface area contributed by atoms with Gasteiger partial charge in [-0.3, -0.25) is 14.9 Å². The first kappa shape index (κ1) is 22.5. The van der Waals surface area contributed by atoms with Gasteiger partial charge in [0.1, 0.15) is 0 Å². The van der Waals surface area contributed by atoms with Crippen molar-refractivity contribution in [2.75, 3.05) is 38.7 Å². The molecule has 3 aromatic rings. The molecule has 2 atom stereocenters. The molecule has 0 bridgehead atoms. The quantitative estimate of drug-likeness (QED) is 0.519. The largest absolute Gasteiger partial charge is 0.383 e. The molecule has 1 aliphatic heterocycles. The smallest absolute Gasteiger partial charge is 0.320 e. The van der Waals surface area contributed by atoms with E-state index in [9.17, 15) is 4.79 Å². The molecule has 0 aliphatic carbocycles. The number of likely N-dealkylation sites (tertiary alicyclic amines) is 1. The zero-order valence-electron chi connectivity index (χ0n) is 18.5. The molecular formula is C22H28BrN7O2. The summed E-state index contributed by atoms with van der Waals surface area (Å²) in [6.45, 7) is 4.95. The Bertz CT molecular complexity index is 1070. The third-order valence-corrected chi connectivity index (χ3v) is 6.65. The number of carbonyl (C=O) groups excluding carboxylic acids is 1. The molecule has 2 N–H and O–H groups in total. The number of nitrogens with zero attached hydrogens (tertiary/aromatic N) is 5. The van der Waals surface area contributed by atoms with Crippen molar-refractivity contribution in [3.8, 4) is 5.69 Å². The highest BCUT2D eigenvalue weighted by Gasteiger charge is 2.35. The molecule has 4 rings (SSSR count). The van der Waals surface area contributed by atoms with Crippen molar-refractivity contribution in [1.29, 1.82) is 0 Å². The molecule has 1 saturated heterocycles. The van der Waals surface area contributed by atoms with Crippen LogP contribution in [0.3, 0.4) is 0 Å². The zero-order chi connectivity index (χ0) is 22.7. The van der Waals surface area contributed by atoms with Crippen LogP contribution in [0.1, 0.15) is 17.2 Å². The number of benzene rings is 1. The zero-order valence-corrected chi connectivity index (χ0v) is 20.0. The minimum atomic E-state index is -0.268. The molecule has 1 aliphatic rings. The van der Waals surface area contributed by atoms with Crippen molar-refractivity contribution in [1.82, 2.24) is 29.8 Å². The van der Waals surface area contributed by atoms with Gasteiger partial charge >= 0.3 is 6.03 Å². The van der Waals surface area contributed by atoms with Crippen LogP contribution in [0.4, 0.5) is 10.6 Å². The maximum absolute atomic E-state index is 13.1. The molecule has 9 nitrogen and oxygen atoms in total. The number of anilines is 1. The highest BCUT2D eigenvalue weighted by atomic mass is 79.9. The fraction of sp³-hybridized carbons (Fsp3) is 0.409. The summed E-state index contributed by atoms with van der Waals surface area (Å²) in [5.74, 6) is 0.744. The second-order valence-corrected chi connectivity index (χ2v) is 8.80. The summed E-state index contributed by atoms with van der Waals surface area (Å²) in [6, 6.07) is 9.41. The van der Waals surface area contributed by atoms with E-state index in [0.29, 0.717) is 12.4 Å². The summed E-state index contributed by atoms with van der Waals surface area (Å²) in [5, 5.41) is 15.1. The van der Waals surface area contributed by atoms with Gasteiger partial charge in [-0.15, -0.1) is 0 Å². The molecule has 1 aromatic carbocycles. The number of hydrogen-bond acceptors (Lipinski definition) is 5. The molecule has 0 saturated carbocycles. The van der Waals surface area contributed by atoms with Crippen LogP contribution in [-0.2, 0) is 11.8 Å². The molecule has 3 heterocycles. The van der Waals surface area contributed by atoms with E-state index in [2.05, 4.69) is 41.7 Å². The number of aromatic nitrogens is 4. The van der Waals surface area contributed by atoms with Gasteiger partial charge in [0.05, 0.1) is 34.7 Å². The van der Waals surface area contributed by atoms with Gasteiger partial charge in [0, 0.05) is 45.9 Å². The Kier molecular flexibility index (Phi) is 6.92. The average molecular weight is 502 g/mol. The molecular weight excluding hydrogens is 474 g/mol. The Hall–Kier alpha value is -2.69. The number of hydrogen-bond donors (Lipinski definition) is 2. The van der Waals surface area contributed by atoms with E-state index in [1.54, 1.807) is 16.5 Å². The van der Waals surface area contributed by atoms with Crippen molar-refractivity contribution in [3.63, 3.8) is 0 Å². The number of rotatable bonds is 7. The fourth-order valence-electron chi connectivity index (χ4n) is 4.09. The Balaban J connectivity index is 1.51. The van der Waals surface area contributed by atoms with Gasteiger partial charge in [-0.2, -0.15) is 10.2 Å². The van der Waals surface area contributed by atoms with E-state index < -0.39 is 0 Å². The third-order valence-electron chi connectivity index (χ3n) is 5.70. The first-order valence-corrected chi connectivity index (χ1v) is 11.3. The van der Waals surface area contributed by atoms with Crippen LogP contribution < -0.4 is 10.6 Å². The Morgan fingerprint density at radius 1 is 1.28 bits per heavy atom. The van der Waals surface area contributed by atoms with E-state index in [1.165, 1.54) is 0 Å². The number of ether oxygens (including phenoxy) is 1. The molecule has 10 heteroatoms. The van der Waals surface area contributed by atoms with Crippen LogP contribution in [0.15, 0.2) is 47.2 Å². The second-order valence-electron chi connectivity index (χ2n) is 8.01. The summed E-state index contributed by atoms with van der Waals surface area (Å²) in [6.07, 6.45) is 3.89. The molecule has 0 unspecified atom stereocenters. The van der Waals surface area contributed by atoms with E-state index in [4.69, 9.17) is 4.74 Å². The number of urea groups is 1. The Morgan fingerprint density at radius 3 is 2.75 bits per heavy atom. The van der Waals surface area contributed by atoms with Gasteiger partial charge < -0.3 is 10.1 Å². The number of halogens is 1. The number of methoxy groups -OCH3 is 1. The predicted molar refractivity (Wildman–Crippen MR) is 126 cm³/mol. The van der Waals surface area contributed by atoms with Crippen molar-refractivity contribution < 1.29 is 9.53 Å². The summed E-state index contributed by atoms with van der Waals surface area (Å²) >= 11 is 3.57. The van der Waals surface area contributed by atoms with Gasteiger partial charge in [-0.05, 0) is 40.5 Å². The van der Waals surface area contributed by atoms with Crippen molar-refractivity contribution in [2.45, 2.75) is 18.9 Å². The minimum Gasteiger partial charge on any atom is -0.383 e. The number of para-hydroxylation sites is 1. The van der Waals surface area contributed by atoms with Gasteiger partial charge in [0.2, 0.25) is 0 Å². The molecule has 1 fully saturated rings. The lowest BCUT2D eigenvalue weighted by Crippen LogP contribution is -2.42. The summed E-state index contributed by atoms with van der Waals surface area (Å²) in [5.41, 5.74) is 2.78. The van der Waals surface area contributed by atoms with Gasteiger partial charge in [-0.1, -0.05) is 18.2 Å². The van der Waals surface area contributed by atoms with E-state index in [1.807, 2.05) is 56.7 Å². The topological polar surface area (TPSA) is 89.2 Å². The standard InChI is InChI=1S/C22H28BrN7O2/c1-15-20(23)21(30(27-15)17-7-5-4-6-8-17)26-22(31)25-19-14-29(9-10-32-3)13-18(19)16-11-24-28(2)12-16/h4-8,11-12,18-19H,9-10,13-14H2,1-3H3,(H2,25,26,31)/t18-,19+/m1/s1. The predicted octanol–water partition coefficient (Wildman–Crippen LogP) is 2.91. The van der Waals surface area contributed by atoms with Crippen molar-refractivity contribution in [2.24, 2.45) is 7.05 Å². The first-order valence-electron chi connectivity index (χ1n) is 10.5. The van der Waals surface area contributed by atoms with Crippen LogP contribution in [-0.4, -0.2) is 69.9 Å². The summed E-state index contributed by atoms with van der Waals surface area (Å²) in [4.78, 5) is 15.4. The van der Waals surface area contributed by atoms with Crippen LogP contribution in [0.25, 0.3) is 5.69 Å². The van der Waals surface area contributed by atoms with E-state index in [0.717, 1.165) is 41.1 Å². The molecule has 0 radical (unpaired) electrons. The van der Waals surface area contributed by atoms with Gasteiger partial charge in [-0.25, -0.2) is 9.48 Å². The van der Waals surface area contributed by atoms with Gasteiger partial charge in [0.25, 0.3) is 0 Å². The highest BCUT2D eigenvalue weighted by Crippen LogP contribution is 2.30. The van der Waals surface area contributed by atoms with Crippen LogP contribution in [0.2, 0.25) is 0 Å². The number of carbonyl (C=O) groups is 1. The Labute approximate surface area is 195 Å². The van der Waals surface area contributed by atoms with Gasteiger partial charge in [0.15, 0.2) is 5.82 Å². The molecule has 2 amide bonds. The number of aryl methyl sites for hydroxylation is 2. The van der Waals surface area contributed by atoms with Crippen LogP contribution >= 0.6 is 15.9 Å². The normalized spacial score (nSPS) is 18.8. The summed E-state index contributed by atoms with van der Waals surface area (Å²) < 4.78 is 9.53. The average Bonchev–Trinajstić information content (AvgIpc) is 3.46. The number of nitrogens with one attached hydrogen (secondary N) is 2. The maximum atomic E-state index is 13.1. The third kappa shape index (κ3) is 4.87. The maximum Gasteiger partial charge on any atom is 0.320 e. The lowest BCUT2D eigenvalue weighted by Gasteiger charge is -2.19. The van der Waals surface area contributed by atoms with E-state index >= 15 is 0 Å². The van der Waals surface area contributed by atoms with Crippen molar-refractivity contribution >= 4 is 27.8 Å². The second kappa shape index (κ2) is 9.85. The molecule has 0 spiro atoms. The SMILES string of the molecule is COCCN1C[C@H](NC(=O)Nc2c(Br)c(C)nn2-c2ccccc2)[C@@H](c2cnn(C)c2)C1. The van der Waals surface area contributed by atoms with E-state index in [-0.39, 0.29) is 18.0 Å². The fourth-order valence-corrected chi connectivity index (χ4v) is 4.43. The molecule has 2 aromatic heterocycles. The van der Waals surface area contributed by atoms with Crippen molar-refractivity contribution in [3.05, 3.63) is 58.5 Å². The van der Waals surface area contributed by atoms with Crippen LogP contribution in [0.5, 0.6) is 0 Å². The molecule has 170 valence electrons. The molecule has 32 heavy (non-hydrogen) atoms. The monoisotopic (exact) mass is 501 g/mol. The number of amides is 2. The Morgan fingerprint density at radius 2 is 2.06 bits per heavy atom. The lowest BCUT2D eigenvalue weighted by molar-refractivity contribution is 0.159. The summed E-state index contributed by atoms with van der Waals surface area (Å²) in [7, 11) is 3.61.